The minimum atomic E-state index is 0.0961. The summed E-state index contributed by atoms with van der Waals surface area (Å²) in [4.78, 5) is 15.4. The molecule has 6 heteroatoms. The fourth-order valence-corrected chi connectivity index (χ4v) is 2.89. The van der Waals surface area contributed by atoms with Crippen molar-refractivity contribution < 1.29 is 9.53 Å². The third-order valence-electron chi connectivity index (χ3n) is 3.67. The molecule has 1 aromatic carbocycles. The van der Waals surface area contributed by atoms with Crippen molar-refractivity contribution in [2.45, 2.75) is 18.9 Å². The third-order valence-corrected chi connectivity index (χ3v) is 4.33. The van der Waals surface area contributed by atoms with Gasteiger partial charge in [0.2, 0.25) is 0 Å². The summed E-state index contributed by atoms with van der Waals surface area (Å²) in [7, 11) is 5.25. The summed E-state index contributed by atoms with van der Waals surface area (Å²) in [5.74, 6) is 0.820. The summed E-state index contributed by atoms with van der Waals surface area (Å²) in [6.07, 6.45) is 1.91. The Morgan fingerprint density at radius 3 is 2.62 bits per heavy atom. The Morgan fingerprint density at radius 2 is 2.05 bits per heavy atom. The molecule has 21 heavy (non-hydrogen) atoms. The molecule has 116 valence electrons. The van der Waals surface area contributed by atoms with Crippen molar-refractivity contribution in [2.75, 3.05) is 39.6 Å². The van der Waals surface area contributed by atoms with Crippen molar-refractivity contribution in [2.24, 2.45) is 0 Å². The Morgan fingerprint density at radius 1 is 1.38 bits per heavy atom. The molecule has 0 aliphatic carbocycles. The fourth-order valence-electron chi connectivity index (χ4n) is 2.48. The first-order valence-corrected chi connectivity index (χ1v) is 7.87. The molecule has 2 amide bonds. The van der Waals surface area contributed by atoms with Gasteiger partial charge in [-0.1, -0.05) is 0 Å². The predicted octanol–water partition coefficient (Wildman–Crippen LogP) is 3.02. The predicted molar refractivity (Wildman–Crippen MR) is 88.0 cm³/mol. The summed E-state index contributed by atoms with van der Waals surface area (Å²) in [5, 5.41) is 3.52. The van der Waals surface area contributed by atoms with Gasteiger partial charge in [0.25, 0.3) is 0 Å². The Bertz CT molecular complexity index is 500. The first-order valence-electron chi connectivity index (χ1n) is 7.07. The van der Waals surface area contributed by atoms with Crippen LogP contribution in [0.3, 0.4) is 0 Å². The van der Waals surface area contributed by atoms with E-state index in [-0.39, 0.29) is 6.03 Å². The number of hydrogen-bond acceptors (Lipinski definition) is 3. The molecule has 0 unspecified atom stereocenters. The number of halogens is 1. The van der Waals surface area contributed by atoms with Crippen molar-refractivity contribution in [3.63, 3.8) is 0 Å². The molecule has 1 saturated heterocycles. The maximum atomic E-state index is 11.9. The van der Waals surface area contributed by atoms with Crippen LogP contribution in [-0.2, 0) is 0 Å². The van der Waals surface area contributed by atoms with Crippen LogP contribution in [0, 0.1) is 0 Å². The Hall–Kier alpha value is -1.43. The van der Waals surface area contributed by atoms with Crippen LogP contribution in [0.1, 0.15) is 12.8 Å². The summed E-state index contributed by atoms with van der Waals surface area (Å²) >= 11 is 3.45. The monoisotopic (exact) mass is 355 g/mol. The zero-order valence-corrected chi connectivity index (χ0v) is 14.3. The molecule has 0 spiro atoms. The highest BCUT2D eigenvalue weighted by atomic mass is 79.9. The number of benzene rings is 1. The smallest absolute Gasteiger partial charge is 0.319 e. The molecule has 1 heterocycles. The average Bonchev–Trinajstić information content (AvgIpc) is 2.49. The highest BCUT2D eigenvalue weighted by Gasteiger charge is 2.23. The largest absolute Gasteiger partial charge is 0.495 e. The number of piperidine rings is 1. The number of urea groups is 1. The molecule has 2 rings (SSSR count). The number of carbonyl (C=O) groups is 1. The van der Waals surface area contributed by atoms with Gasteiger partial charge in [-0.15, -0.1) is 0 Å². The minimum Gasteiger partial charge on any atom is -0.495 e. The van der Waals surface area contributed by atoms with Gasteiger partial charge >= 0.3 is 6.03 Å². The summed E-state index contributed by atoms with van der Waals surface area (Å²) in [6.45, 7) is 1.59. The Kier molecular flexibility index (Phi) is 5.33. The van der Waals surface area contributed by atoms with Crippen molar-refractivity contribution in [1.82, 2.24) is 9.80 Å². The second-order valence-corrected chi connectivity index (χ2v) is 6.29. The lowest BCUT2D eigenvalue weighted by atomic mass is 10.0. The van der Waals surface area contributed by atoms with E-state index in [1.54, 1.807) is 26.1 Å². The van der Waals surface area contributed by atoms with E-state index in [4.69, 9.17) is 4.74 Å². The third kappa shape index (κ3) is 4.03. The van der Waals surface area contributed by atoms with E-state index in [9.17, 15) is 4.79 Å². The second-order valence-electron chi connectivity index (χ2n) is 5.43. The number of amides is 2. The number of hydrogen-bond donors (Lipinski definition) is 1. The van der Waals surface area contributed by atoms with Gasteiger partial charge in [0, 0.05) is 45.0 Å². The van der Waals surface area contributed by atoms with Crippen molar-refractivity contribution in [3.05, 3.63) is 22.7 Å². The molecule has 0 atom stereocenters. The van der Waals surface area contributed by atoms with Gasteiger partial charge in [-0.05, 0) is 40.9 Å². The van der Waals surface area contributed by atoms with E-state index in [2.05, 4.69) is 21.2 Å². The van der Waals surface area contributed by atoms with Gasteiger partial charge in [-0.3, -0.25) is 0 Å². The van der Waals surface area contributed by atoms with Crippen molar-refractivity contribution in [3.8, 4) is 5.75 Å². The lowest BCUT2D eigenvalue weighted by Crippen LogP contribution is -2.46. The number of carbonyl (C=O) groups excluding carboxylic acids is 1. The van der Waals surface area contributed by atoms with E-state index in [1.165, 1.54) is 0 Å². The zero-order chi connectivity index (χ0) is 15.4. The summed E-state index contributed by atoms with van der Waals surface area (Å²) in [6, 6.07) is 6.48. The van der Waals surface area contributed by atoms with Crippen LogP contribution < -0.4 is 10.1 Å². The highest BCUT2D eigenvalue weighted by Crippen LogP contribution is 2.29. The topological polar surface area (TPSA) is 44.8 Å². The number of methoxy groups -OCH3 is 1. The molecule has 1 aromatic rings. The molecule has 1 aliphatic rings. The summed E-state index contributed by atoms with van der Waals surface area (Å²) in [5.41, 5.74) is 1.05. The minimum absolute atomic E-state index is 0.0961. The maximum absolute atomic E-state index is 11.9. The van der Waals surface area contributed by atoms with Crippen LogP contribution in [-0.4, -0.2) is 56.2 Å². The van der Waals surface area contributed by atoms with Crippen LogP contribution in [0.5, 0.6) is 5.75 Å². The fraction of sp³-hybridized carbons (Fsp3) is 0.533. The van der Waals surface area contributed by atoms with Gasteiger partial charge < -0.3 is 19.9 Å². The Balaban J connectivity index is 1.90. The van der Waals surface area contributed by atoms with Crippen LogP contribution in [0.25, 0.3) is 0 Å². The second kappa shape index (κ2) is 7.02. The first-order chi connectivity index (χ1) is 10.0. The van der Waals surface area contributed by atoms with E-state index < -0.39 is 0 Å². The molecule has 1 fully saturated rings. The molecule has 0 radical (unpaired) electrons. The molecule has 5 nitrogen and oxygen atoms in total. The Labute approximate surface area is 134 Å². The van der Waals surface area contributed by atoms with Crippen LogP contribution in [0.2, 0.25) is 0 Å². The number of nitrogens with zero attached hydrogens (tertiary/aromatic N) is 2. The van der Waals surface area contributed by atoms with Crippen molar-refractivity contribution in [1.29, 1.82) is 0 Å². The van der Waals surface area contributed by atoms with E-state index >= 15 is 0 Å². The first kappa shape index (κ1) is 15.9. The van der Waals surface area contributed by atoms with Gasteiger partial charge in [0.05, 0.1) is 11.6 Å². The zero-order valence-electron chi connectivity index (χ0n) is 12.7. The molecular weight excluding hydrogens is 334 g/mol. The number of anilines is 1. The molecular formula is C15H22BrN3O2. The van der Waals surface area contributed by atoms with E-state index in [0.29, 0.717) is 6.04 Å². The van der Waals surface area contributed by atoms with Gasteiger partial charge in [0.1, 0.15) is 5.75 Å². The van der Waals surface area contributed by atoms with Crippen LogP contribution in [0.4, 0.5) is 10.5 Å². The maximum Gasteiger partial charge on any atom is 0.319 e. The number of nitrogens with one attached hydrogen (secondary N) is 1. The van der Waals surface area contributed by atoms with E-state index in [1.807, 2.05) is 23.1 Å². The molecule has 1 N–H and O–H groups in total. The quantitative estimate of drug-likeness (QED) is 0.906. The molecule has 0 saturated carbocycles. The van der Waals surface area contributed by atoms with Gasteiger partial charge in [0.15, 0.2) is 0 Å². The number of ether oxygens (including phenoxy) is 1. The molecule has 0 aromatic heterocycles. The van der Waals surface area contributed by atoms with Gasteiger partial charge in [-0.25, -0.2) is 4.79 Å². The average molecular weight is 356 g/mol. The number of likely N-dealkylation sites (tertiary alicyclic amines) is 1. The van der Waals surface area contributed by atoms with Crippen LogP contribution >= 0.6 is 15.9 Å². The van der Waals surface area contributed by atoms with Crippen LogP contribution in [0.15, 0.2) is 22.7 Å². The molecule has 0 bridgehead atoms. The normalized spacial score (nSPS) is 15.7. The van der Waals surface area contributed by atoms with Crippen molar-refractivity contribution >= 4 is 27.6 Å². The molecule has 1 aliphatic heterocycles. The summed E-state index contributed by atoms with van der Waals surface area (Å²) < 4.78 is 6.25. The highest BCUT2D eigenvalue weighted by molar-refractivity contribution is 9.10. The SMILES string of the molecule is COc1cc(NC2CCN(C(=O)N(C)C)CC2)ccc1Br. The van der Waals surface area contributed by atoms with E-state index in [0.717, 1.165) is 41.8 Å². The lowest BCUT2D eigenvalue weighted by Gasteiger charge is -2.34. The lowest BCUT2D eigenvalue weighted by molar-refractivity contribution is 0.158. The number of rotatable bonds is 3. The van der Waals surface area contributed by atoms with Gasteiger partial charge in [-0.2, -0.15) is 0 Å². The standard InChI is InChI=1S/C15H22BrN3O2/c1-18(2)15(20)19-8-6-11(7-9-19)17-12-4-5-13(16)14(10-12)21-3/h4-5,10-11,17H,6-9H2,1-3H3.